The van der Waals surface area contributed by atoms with Gasteiger partial charge in [-0.15, -0.1) is 0 Å². The van der Waals surface area contributed by atoms with Crippen LogP contribution >= 0.6 is 0 Å². The highest BCUT2D eigenvalue weighted by Gasteiger charge is 2.28. The first-order chi connectivity index (χ1) is 14.5. The molecule has 2 atom stereocenters. The third kappa shape index (κ3) is 3.80. The van der Waals surface area contributed by atoms with Crippen LogP contribution in [0.2, 0.25) is 0 Å². The first-order valence-electron chi connectivity index (χ1n) is 10.2. The van der Waals surface area contributed by atoms with Crippen LogP contribution in [0.5, 0.6) is 0 Å². The number of benzene rings is 3. The predicted molar refractivity (Wildman–Crippen MR) is 114 cm³/mol. The summed E-state index contributed by atoms with van der Waals surface area (Å²) < 4.78 is 14.2. The van der Waals surface area contributed by atoms with Crippen LogP contribution in [0, 0.1) is 11.7 Å². The number of carbonyl (C=O) groups excluding carboxylic acids is 1. The van der Waals surface area contributed by atoms with Crippen LogP contribution in [0.3, 0.4) is 0 Å². The largest absolute Gasteiger partial charge is 0.465 e. The molecule has 0 saturated heterocycles. The van der Waals surface area contributed by atoms with E-state index in [0.717, 1.165) is 28.5 Å². The summed E-state index contributed by atoms with van der Waals surface area (Å²) in [5.74, 6) is -0.0736. The van der Waals surface area contributed by atoms with E-state index in [2.05, 4.69) is 0 Å². The van der Waals surface area contributed by atoms with E-state index in [9.17, 15) is 19.1 Å². The van der Waals surface area contributed by atoms with Crippen LogP contribution in [-0.4, -0.2) is 28.4 Å². The standard InChI is InChI=1S/C25H24FNO3/c1-16(19-10-11-23(26)22-9-5-4-8-21(19)22)27(25(29)30)13-12-17-14-18-6-2-3-7-20(18)24(28)15-17/h2-11,16-17H,12-15H2,1H3,(H,29,30)/t16-,17-/m1/s1. The highest BCUT2D eigenvalue weighted by Crippen LogP contribution is 2.32. The summed E-state index contributed by atoms with van der Waals surface area (Å²) >= 11 is 0. The molecule has 1 N–H and O–H groups in total. The Bertz CT molecular complexity index is 1110. The molecule has 0 aromatic heterocycles. The topological polar surface area (TPSA) is 57.6 Å². The lowest BCUT2D eigenvalue weighted by Crippen LogP contribution is -2.35. The van der Waals surface area contributed by atoms with Crippen molar-refractivity contribution in [3.63, 3.8) is 0 Å². The SMILES string of the molecule is C[C@H](c1ccc(F)c2ccccc12)N(CC[C@H]1CC(=O)c2ccccc2C1)C(=O)O. The molecule has 0 aliphatic heterocycles. The van der Waals surface area contributed by atoms with Gasteiger partial charge < -0.3 is 10.0 Å². The molecule has 0 radical (unpaired) electrons. The summed E-state index contributed by atoms with van der Waals surface area (Å²) in [7, 11) is 0. The molecule has 1 aliphatic rings. The molecule has 3 aromatic rings. The number of fused-ring (bicyclic) bond motifs is 2. The van der Waals surface area contributed by atoms with Crippen molar-refractivity contribution in [3.8, 4) is 0 Å². The van der Waals surface area contributed by atoms with Crippen LogP contribution in [0.1, 0.15) is 47.3 Å². The summed E-state index contributed by atoms with van der Waals surface area (Å²) in [5, 5.41) is 11.1. The molecule has 0 spiro atoms. The number of amides is 1. The van der Waals surface area contributed by atoms with E-state index in [1.807, 2.05) is 43.3 Å². The third-order valence-corrected chi connectivity index (χ3v) is 6.15. The zero-order valence-corrected chi connectivity index (χ0v) is 16.8. The van der Waals surface area contributed by atoms with Crippen molar-refractivity contribution in [1.29, 1.82) is 0 Å². The second-order valence-electron chi connectivity index (χ2n) is 7.98. The maximum absolute atomic E-state index is 14.2. The number of halogens is 1. The molecule has 4 nitrogen and oxygen atoms in total. The van der Waals surface area contributed by atoms with Crippen molar-refractivity contribution in [1.82, 2.24) is 4.90 Å². The maximum atomic E-state index is 14.2. The summed E-state index contributed by atoms with van der Waals surface area (Å²) in [4.78, 5) is 25.9. The predicted octanol–water partition coefficient (Wildman–Crippen LogP) is 5.86. The van der Waals surface area contributed by atoms with Crippen LogP contribution in [0.25, 0.3) is 10.8 Å². The minimum absolute atomic E-state index is 0.117. The van der Waals surface area contributed by atoms with Gasteiger partial charge in [0.15, 0.2) is 5.78 Å². The van der Waals surface area contributed by atoms with Crippen LogP contribution in [0.4, 0.5) is 9.18 Å². The lowest BCUT2D eigenvalue weighted by Gasteiger charge is -2.30. The minimum Gasteiger partial charge on any atom is -0.465 e. The molecule has 30 heavy (non-hydrogen) atoms. The van der Waals surface area contributed by atoms with E-state index in [-0.39, 0.29) is 17.5 Å². The molecule has 154 valence electrons. The zero-order valence-electron chi connectivity index (χ0n) is 16.8. The highest BCUT2D eigenvalue weighted by molar-refractivity contribution is 5.98. The Kier molecular flexibility index (Phi) is 5.53. The Labute approximate surface area is 174 Å². The van der Waals surface area contributed by atoms with Crippen molar-refractivity contribution in [2.75, 3.05) is 6.54 Å². The van der Waals surface area contributed by atoms with E-state index >= 15 is 0 Å². The number of hydrogen-bond acceptors (Lipinski definition) is 2. The molecular weight excluding hydrogens is 381 g/mol. The number of Topliss-reactive ketones (excluding diaryl/α,β-unsaturated/α-hetero) is 1. The lowest BCUT2D eigenvalue weighted by molar-refractivity contribution is 0.0936. The minimum atomic E-state index is -1.02. The van der Waals surface area contributed by atoms with Gasteiger partial charge >= 0.3 is 6.09 Å². The van der Waals surface area contributed by atoms with Crippen LogP contribution in [-0.2, 0) is 6.42 Å². The van der Waals surface area contributed by atoms with Gasteiger partial charge in [0.25, 0.3) is 0 Å². The average molecular weight is 405 g/mol. The molecule has 0 unspecified atom stereocenters. The Morgan fingerprint density at radius 2 is 1.77 bits per heavy atom. The fraction of sp³-hybridized carbons (Fsp3) is 0.280. The number of nitrogens with zero attached hydrogens (tertiary/aromatic N) is 1. The first-order valence-corrected chi connectivity index (χ1v) is 10.2. The van der Waals surface area contributed by atoms with Gasteiger partial charge in [-0.25, -0.2) is 9.18 Å². The number of hydrogen-bond donors (Lipinski definition) is 1. The Morgan fingerprint density at radius 1 is 1.07 bits per heavy atom. The van der Waals surface area contributed by atoms with Gasteiger partial charge in [-0.3, -0.25) is 4.79 Å². The lowest BCUT2D eigenvalue weighted by atomic mass is 9.81. The van der Waals surface area contributed by atoms with Gasteiger partial charge in [-0.1, -0.05) is 54.6 Å². The second kappa shape index (κ2) is 8.27. The summed E-state index contributed by atoms with van der Waals surface area (Å²) in [6, 6.07) is 17.4. The molecule has 1 aliphatic carbocycles. The van der Waals surface area contributed by atoms with E-state index < -0.39 is 12.1 Å². The van der Waals surface area contributed by atoms with Gasteiger partial charge in [-0.2, -0.15) is 0 Å². The molecule has 1 amide bonds. The third-order valence-electron chi connectivity index (χ3n) is 6.15. The van der Waals surface area contributed by atoms with E-state index in [1.54, 1.807) is 18.2 Å². The molecule has 3 aromatic carbocycles. The van der Waals surface area contributed by atoms with Crippen molar-refractivity contribution in [2.45, 2.75) is 32.2 Å². The molecule has 0 saturated carbocycles. The Morgan fingerprint density at radius 3 is 2.53 bits per heavy atom. The normalized spacial score (nSPS) is 16.9. The maximum Gasteiger partial charge on any atom is 0.407 e. The second-order valence-corrected chi connectivity index (χ2v) is 7.98. The molecule has 5 heteroatoms. The number of carbonyl (C=O) groups is 2. The van der Waals surface area contributed by atoms with Crippen LogP contribution < -0.4 is 0 Å². The van der Waals surface area contributed by atoms with E-state index in [4.69, 9.17) is 0 Å². The average Bonchev–Trinajstić information content (AvgIpc) is 2.74. The van der Waals surface area contributed by atoms with Gasteiger partial charge in [0.2, 0.25) is 0 Å². The quantitative estimate of drug-likeness (QED) is 0.579. The van der Waals surface area contributed by atoms with Crippen LogP contribution in [0.15, 0.2) is 60.7 Å². The van der Waals surface area contributed by atoms with Crippen molar-refractivity contribution >= 4 is 22.6 Å². The highest BCUT2D eigenvalue weighted by atomic mass is 19.1. The smallest absolute Gasteiger partial charge is 0.407 e. The molecule has 0 bridgehead atoms. The van der Waals surface area contributed by atoms with E-state index in [1.165, 1.54) is 11.0 Å². The van der Waals surface area contributed by atoms with E-state index in [0.29, 0.717) is 24.8 Å². The van der Waals surface area contributed by atoms with Crippen molar-refractivity contribution in [2.24, 2.45) is 5.92 Å². The Hall–Kier alpha value is -3.21. The van der Waals surface area contributed by atoms with Gasteiger partial charge in [0.05, 0.1) is 6.04 Å². The monoisotopic (exact) mass is 405 g/mol. The van der Waals surface area contributed by atoms with Crippen molar-refractivity contribution in [3.05, 3.63) is 83.2 Å². The molecule has 0 heterocycles. The van der Waals surface area contributed by atoms with Gasteiger partial charge in [0.1, 0.15) is 5.82 Å². The van der Waals surface area contributed by atoms with Crippen molar-refractivity contribution < 1.29 is 19.1 Å². The number of rotatable bonds is 5. The van der Waals surface area contributed by atoms with Gasteiger partial charge in [0, 0.05) is 23.9 Å². The van der Waals surface area contributed by atoms with Gasteiger partial charge in [-0.05, 0) is 48.3 Å². The molecular formula is C25H24FNO3. The Balaban J connectivity index is 1.54. The summed E-state index contributed by atoms with van der Waals surface area (Å²) in [6.45, 7) is 2.15. The number of ketones is 1. The fourth-order valence-electron chi connectivity index (χ4n) is 4.52. The molecule has 4 rings (SSSR count). The number of carboxylic acid groups (broad SMARTS) is 1. The zero-order chi connectivity index (χ0) is 21.3. The molecule has 0 fully saturated rings. The summed E-state index contributed by atoms with van der Waals surface area (Å²) in [5.41, 5.74) is 2.60. The fourth-order valence-corrected chi connectivity index (χ4v) is 4.52. The first kappa shape index (κ1) is 20.1. The summed E-state index contributed by atoms with van der Waals surface area (Å²) in [6.07, 6.45) is 0.815.